The van der Waals surface area contributed by atoms with E-state index >= 15 is 0 Å². The molecule has 0 amide bonds. The van der Waals surface area contributed by atoms with Crippen LogP contribution in [0, 0.1) is 0 Å². The Morgan fingerprint density at radius 1 is 1.38 bits per heavy atom. The summed E-state index contributed by atoms with van der Waals surface area (Å²) >= 11 is 5.57. The topological polar surface area (TPSA) is 26.3 Å². The summed E-state index contributed by atoms with van der Waals surface area (Å²) in [5.41, 5.74) is -2.61. The van der Waals surface area contributed by atoms with E-state index in [1.807, 2.05) is 0 Å². The van der Waals surface area contributed by atoms with E-state index in [1.54, 1.807) is 0 Å². The fraction of sp³-hybridized carbons (Fsp3) is 0.300. The zero-order chi connectivity index (χ0) is 12.3. The van der Waals surface area contributed by atoms with Crippen LogP contribution in [0.1, 0.15) is 23.6 Å². The zero-order valence-corrected chi connectivity index (χ0v) is 8.97. The van der Waals surface area contributed by atoms with Crippen molar-refractivity contribution in [1.29, 1.82) is 0 Å². The summed E-state index contributed by atoms with van der Waals surface area (Å²) in [5, 5.41) is 0. The van der Waals surface area contributed by atoms with E-state index in [0.29, 0.717) is 0 Å². The molecule has 0 saturated carbocycles. The van der Waals surface area contributed by atoms with Gasteiger partial charge in [0, 0.05) is 12.5 Å². The molecule has 1 unspecified atom stereocenters. The third-order valence-corrected chi connectivity index (χ3v) is 2.10. The highest BCUT2D eigenvalue weighted by molar-refractivity contribution is 6.20. The fourth-order valence-corrected chi connectivity index (χ4v) is 1.48. The molecule has 1 rings (SSSR count). The summed E-state index contributed by atoms with van der Waals surface area (Å²) in [6.45, 7) is 1.07. The van der Waals surface area contributed by atoms with Gasteiger partial charge in [0.05, 0.1) is 5.56 Å². The summed E-state index contributed by atoms with van der Waals surface area (Å²) in [6, 6.07) is 4.69. The van der Waals surface area contributed by atoms with Crippen LogP contribution in [-0.2, 0) is 15.7 Å². The molecule has 0 aromatic heterocycles. The molecule has 0 fully saturated rings. The number of hydrogen-bond acceptors (Lipinski definition) is 2. The number of carbonyl (C=O) groups excluding carboxylic acids is 1. The number of rotatable bonds is 2. The number of hydrogen-bond donors (Lipinski definition) is 0. The van der Waals surface area contributed by atoms with Crippen molar-refractivity contribution < 1.29 is 22.7 Å². The van der Waals surface area contributed by atoms with Gasteiger partial charge in [-0.3, -0.25) is 4.79 Å². The molecule has 1 atom stereocenters. The molecule has 0 aliphatic rings. The number of esters is 1. The van der Waals surface area contributed by atoms with Gasteiger partial charge in [0.25, 0.3) is 0 Å². The summed E-state index contributed by atoms with van der Waals surface area (Å²) in [4.78, 5) is 10.6. The first-order valence-electron chi connectivity index (χ1n) is 4.30. The lowest BCUT2D eigenvalue weighted by molar-refractivity contribution is -0.146. The number of carbonyl (C=O) groups is 1. The summed E-state index contributed by atoms with van der Waals surface area (Å²) < 4.78 is 42.1. The van der Waals surface area contributed by atoms with Gasteiger partial charge in [0.15, 0.2) is 0 Å². The van der Waals surface area contributed by atoms with Crippen molar-refractivity contribution in [2.75, 3.05) is 0 Å². The molecule has 0 spiro atoms. The lowest BCUT2D eigenvalue weighted by Gasteiger charge is -2.16. The average Bonchev–Trinajstić information content (AvgIpc) is 2.15. The van der Waals surface area contributed by atoms with E-state index in [9.17, 15) is 18.0 Å². The van der Waals surface area contributed by atoms with Gasteiger partial charge in [0.2, 0.25) is 5.56 Å². The van der Waals surface area contributed by atoms with Crippen LogP contribution >= 0.6 is 11.6 Å². The van der Waals surface area contributed by atoms with Crippen LogP contribution in [0.2, 0.25) is 0 Å². The maximum Gasteiger partial charge on any atom is 0.416 e. The van der Waals surface area contributed by atoms with Crippen LogP contribution in [0.15, 0.2) is 24.3 Å². The standard InChI is InChI=1S/C10H8ClF3O2/c1-6(15)16-9(11)7-4-2-3-5-8(7)10(12,13)14/h2-5,9H,1H3. The van der Waals surface area contributed by atoms with Crippen LogP contribution in [0.3, 0.4) is 0 Å². The van der Waals surface area contributed by atoms with E-state index < -0.39 is 23.3 Å². The Balaban J connectivity index is 3.08. The van der Waals surface area contributed by atoms with E-state index in [1.165, 1.54) is 18.2 Å². The number of alkyl halides is 4. The second kappa shape index (κ2) is 4.74. The summed E-state index contributed by atoms with van der Waals surface area (Å²) in [7, 11) is 0. The largest absolute Gasteiger partial charge is 0.442 e. The Bertz CT molecular complexity index is 390. The Labute approximate surface area is 95.0 Å². The van der Waals surface area contributed by atoms with Crippen LogP contribution in [0.25, 0.3) is 0 Å². The van der Waals surface area contributed by atoms with Gasteiger partial charge in [-0.2, -0.15) is 13.2 Å². The number of benzene rings is 1. The molecule has 6 heteroatoms. The van der Waals surface area contributed by atoms with Gasteiger partial charge in [0.1, 0.15) is 0 Å². The monoisotopic (exact) mass is 252 g/mol. The molecule has 0 bridgehead atoms. The molecular weight excluding hydrogens is 245 g/mol. The van der Waals surface area contributed by atoms with Crippen molar-refractivity contribution in [3.05, 3.63) is 35.4 Å². The second-order valence-corrected chi connectivity index (χ2v) is 3.41. The minimum Gasteiger partial charge on any atom is -0.442 e. The third-order valence-electron chi connectivity index (χ3n) is 1.78. The minimum atomic E-state index is -4.52. The Hall–Kier alpha value is -1.23. The van der Waals surface area contributed by atoms with Gasteiger partial charge < -0.3 is 4.74 Å². The third kappa shape index (κ3) is 3.13. The second-order valence-electron chi connectivity index (χ2n) is 3.01. The molecule has 1 aromatic carbocycles. The predicted octanol–water partition coefficient (Wildman–Crippen LogP) is 3.51. The van der Waals surface area contributed by atoms with Crippen LogP contribution in [-0.4, -0.2) is 5.97 Å². The first-order valence-corrected chi connectivity index (χ1v) is 4.73. The Morgan fingerprint density at radius 3 is 2.44 bits per heavy atom. The molecule has 0 heterocycles. The van der Waals surface area contributed by atoms with E-state index in [4.69, 9.17) is 11.6 Å². The predicted molar refractivity (Wildman–Crippen MR) is 51.8 cm³/mol. The highest BCUT2D eigenvalue weighted by atomic mass is 35.5. The van der Waals surface area contributed by atoms with Crippen molar-refractivity contribution in [3.8, 4) is 0 Å². The van der Waals surface area contributed by atoms with Gasteiger partial charge >= 0.3 is 12.1 Å². The smallest absolute Gasteiger partial charge is 0.416 e. The number of ether oxygens (including phenoxy) is 1. The lowest BCUT2D eigenvalue weighted by Crippen LogP contribution is -2.12. The molecule has 88 valence electrons. The number of halogens is 4. The van der Waals surface area contributed by atoms with Crippen LogP contribution in [0.4, 0.5) is 13.2 Å². The van der Waals surface area contributed by atoms with Gasteiger partial charge in [-0.1, -0.05) is 29.8 Å². The maximum atomic E-state index is 12.5. The zero-order valence-electron chi connectivity index (χ0n) is 8.22. The van der Waals surface area contributed by atoms with Crippen molar-refractivity contribution >= 4 is 17.6 Å². The quantitative estimate of drug-likeness (QED) is 0.595. The van der Waals surface area contributed by atoms with Gasteiger partial charge in [-0.15, -0.1) is 0 Å². The van der Waals surface area contributed by atoms with Crippen molar-refractivity contribution in [3.63, 3.8) is 0 Å². The molecule has 0 N–H and O–H groups in total. The van der Waals surface area contributed by atoms with Gasteiger partial charge in [-0.25, -0.2) is 0 Å². The maximum absolute atomic E-state index is 12.5. The summed E-state index contributed by atoms with van der Waals surface area (Å²) in [5.74, 6) is -0.739. The molecule has 0 aliphatic carbocycles. The molecule has 16 heavy (non-hydrogen) atoms. The highest BCUT2D eigenvalue weighted by Crippen LogP contribution is 2.36. The first kappa shape index (κ1) is 12.8. The van der Waals surface area contributed by atoms with Crippen molar-refractivity contribution in [2.24, 2.45) is 0 Å². The normalized spacial score (nSPS) is 13.3. The molecule has 0 saturated heterocycles. The van der Waals surface area contributed by atoms with Crippen molar-refractivity contribution in [2.45, 2.75) is 18.7 Å². The Morgan fingerprint density at radius 2 is 1.94 bits per heavy atom. The molecule has 1 aromatic rings. The Kier molecular flexibility index (Phi) is 3.80. The van der Waals surface area contributed by atoms with Crippen molar-refractivity contribution in [1.82, 2.24) is 0 Å². The van der Waals surface area contributed by atoms with Crippen LogP contribution < -0.4 is 0 Å². The average molecular weight is 253 g/mol. The SMILES string of the molecule is CC(=O)OC(Cl)c1ccccc1C(F)(F)F. The fourth-order valence-electron chi connectivity index (χ4n) is 1.16. The lowest BCUT2D eigenvalue weighted by atomic mass is 10.1. The van der Waals surface area contributed by atoms with Crippen LogP contribution in [0.5, 0.6) is 0 Å². The van der Waals surface area contributed by atoms with E-state index in [2.05, 4.69) is 4.74 Å². The molecular formula is C10H8ClF3O2. The van der Waals surface area contributed by atoms with E-state index in [0.717, 1.165) is 13.0 Å². The molecule has 2 nitrogen and oxygen atoms in total. The minimum absolute atomic E-state index is 0.271. The summed E-state index contributed by atoms with van der Waals surface area (Å²) in [6.07, 6.45) is -4.52. The van der Waals surface area contributed by atoms with Gasteiger partial charge in [-0.05, 0) is 6.07 Å². The highest BCUT2D eigenvalue weighted by Gasteiger charge is 2.35. The van der Waals surface area contributed by atoms with E-state index in [-0.39, 0.29) is 5.56 Å². The molecule has 0 radical (unpaired) electrons. The molecule has 0 aliphatic heterocycles. The first-order chi connectivity index (χ1) is 7.32.